The zero-order chi connectivity index (χ0) is 13.5. The molecule has 19 heavy (non-hydrogen) atoms. The number of carbonyl (C=O) groups excluding carboxylic acids is 2. The second-order valence-corrected chi connectivity index (χ2v) is 4.12. The Morgan fingerprint density at radius 1 is 1.00 bits per heavy atom. The molecule has 2 aromatic carbocycles. The summed E-state index contributed by atoms with van der Waals surface area (Å²) in [4.78, 5) is 22.8. The molecular weight excluding hydrogens is 240 g/mol. The van der Waals surface area contributed by atoms with Crippen molar-refractivity contribution < 1.29 is 14.3 Å². The van der Waals surface area contributed by atoms with Crippen LogP contribution in [0.5, 0.6) is 0 Å². The highest BCUT2D eigenvalue weighted by Gasteiger charge is 2.22. The molecule has 0 aromatic heterocycles. The summed E-state index contributed by atoms with van der Waals surface area (Å²) in [6.45, 7) is 0.426. The highest BCUT2D eigenvalue weighted by atomic mass is 16.5. The van der Waals surface area contributed by atoms with Gasteiger partial charge in [-0.3, -0.25) is 9.59 Å². The van der Waals surface area contributed by atoms with Crippen molar-refractivity contribution in [2.75, 3.05) is 6.61 Å². The Labute approximate surface area is 111 Å². The topological polar surface area (TPSA) is 43.4 Å². The van der Waals surface area contributed by atoms with Crippen LogP contribution in [0.2, 0.25) is 0 Å². The number of benzene rings is 2. The van der Waals surface area contributed by atoms with E-state index < -0.39 is 5.92 Å². The Hall–Kier alpha value is -2.42. The average molecular weight is 254 g/mol. The number of hydrogen-bond acceptors (Lipinski definition) is 3. The van der Waals surface area contributed by atoms with Gasteiger partial charge in [-0.1, -0.05) is 60.7 Å². The first-order chi connectivity index (χ1) is 9.33. The molecule has 0 aliphatic carbocycles. The minimum Gasteiger partial charge on any atom is -0.467 e. The van der Waals surface area contributed by atoms with Crippen LogP contribution >= 0.6 is 0 Å². The smallest absolute Gasteiger partial charge is 0.293 e. The van der Waals surface area contributed by atoms with E-state index in [0.29, 0.717) is 12.0 Å². The Balaban J connectivity index is 2.28. The molecule has 0 fully saturated rings. The van der Waals surface area contributed by atoms with E-state index in [1.54, 1.807) is 12.1 Å². The van der Waals surface area contributed by atoms with Gasteiger partial charge in [0.15, 0.2) is 5.78 Å². The Bertz CT molecular complexity index is 534. The van der Waals surface area contributed by atoms with Crippen molar-refractivity contribution in [3.05, 3.63) is 71.8 Å². The van der Waals surface area contributed by atoms with Crippen LogP contribution in [0.3, 0.4) is 0 Å². The van der Waals surface area contributed by atoms with E-state index in [1.165, 1.54) is 0 Å². The lowest BCUT2D eigenvalue weighted by Gasteiger charge is -2.15. The van der Waals surface area contributed by atoms with E-state index in [2.05, 4.69) is 0 Å². The largest absolute Gasteiger partial charge is 0.467 e. The molecule has 0 saturated carbocycles. The number of ether oxygens (including phenoxy) is 1. The van der Waals surface area contributed by atoms with Gasteiger partial charge in [0.05, 0.1) is 5.92 Å². The van der Waals surface area contributed by atoms with Crippen LogP contribution in [0.25, 0.3) is 0 Å². The van der Waals surface area contributed by atoms with Gasteiger partial charge in [0, 0.05) is 5.56 Å². The summed E-state index contributed by atoms with van der Waals surface area (Å²) in [6.07, 6.45) is 0. The fourth-order valence-corrected chi connectivity index (χ4v) is 1.95. The van der Waals surface area contributed by atoms with E-state index in [9.17, 15) is 9.59 Å². The second kappa shape index (κ2) is 6.50. The number of rotatable bonds is 6. The quantitative estimate of drug-likeness (QED) is 0.588. The van der Waals surface area contributed by atoms with Crippen LogP contribution in [0, 0.1) is 0 Å². The summed E-state index contributed by atoms with van der Waals surface area (Å²) in [6, 6.07) is 18.3. The molecule has 0 spiro atoms. The first-order valence-corrected chi connectivity index (χ1v) is 6.02. The number of carbonyl (C=O) groups is 2. The predicted octanol–water partition coefficient (Wildman–Crippen LogP) is 2.83. The van der Waals surface area contributed by atoms with Crippen LogP contribution in [-0.4, -0.2) is 18.9 Å². The lowest BCUT2D eigenvalue weighted by atomic mass is 9.91. The van der Waals surface area contributed by atoms with Crippen LogP contribution in [-0.2, 0) is 9.53 Å². The van der Waals surface area contributed by atoms with E-state index in [4.69, 9.17) is 4.74 Å². The summed E-state index contributed by atoms with van der Waals surface area (Å²) in [5.74, 6) is -0.512. The molecule has 3 nitrogen and oxygen atoms in total. The van der Waals surface area contributed by atoms with Gasteiger partial charge in [-0.2, -0.15) is 0 Å². The molecule has 3 heteroatoms. The second-order valence-electron chi connectivity index (χ2n) is 4.12. The maximum Gasteiger partial charge on any atom is 0.293 e. The maximum atomic E-state index is 12.5. The maximum absolute atomic E-state index is 12.5. The van der Waals surface area contributed by atoms with Gasteiger partial charge < -0.3 is 4.74 Å². The van der Waals surface area contributed by atoms with E-state index >= 15 is 0 Å². The fraction of sp³-hybridized carbons (Fsp3) is 0.125. The Morgan fingerprint density at radius 2 is 1.58 bits per heavy atom. The first kappa shape index (κ1) is 13.0. The standard InChI is InChI=1S/C16H14O3/c17-12-19-11-15(13-7-3-1-4-8-13)16(18)14-9-5-2-6-10-14/h1-10,12,15H,11H2. The molecule has 1 atom stereocenters. The number of ketones is 1. The van der Waals surface area contributed by atoms with Gasteiger partial charge in [-0.05, 0) is 5.56 Å². The Kier molecular flexibility index (Phi) is 4.45. The van der Waals surface area contributed by atoms with Crippen molar-refractivity contribution in [3.8, 4) is 0 Å². The zero-order valence-corrected chi connectivity index (χ0v) is 10.4. The van der Waals surface area contributed by atoms with E-state index in [1.807, 2.05) is 48.5 Å². The third-order valence-electron chi connectivity index (χ3n) is 2.91. The zero-order valence-electron chi connectivity index (χ0n) is 10.4. The van der Waals surface area contributed by atoms with Crippen LogP contribution in [0.15, 0.2) is 60.7 Å². The van der Waals surface area contributed by atoms with Crippen LogP contribution in [0.1, 0.15) is 21.8 Å². The third kappa shape index (κ3) is 3.28. The van der Waals surface area contributed by atoms with Crippen molar-refractivity contribution in [2.45, 2.75) is 5.92 Å². The van der Waals surface area contributed by atoms with Gasteiger partial charge in [0.2, 0.25) is 0 Å². The molecule has 1 unspecified atom stereocenters. The first-order valence-electron chi connectivity index (χ1n) is 6.02. The summed E-state index contributed by atoms with van der Waals surface area (Å²) in [7, 11) is 0. The summed E-state index contributed by atoms with van der Waals surface area (Å²) in [5, 5.41) is 0. The average Bonchev–Trinajstić information content (AvgIpc) is 2.49. The minimum absolute atomic E-state index is 0.0475. The molecule has 0 amide bonds. The molecule has 0 radical (unpaired) electrons. The van der Waals surface area contributed by atoms with Gasteiger partial charge >= 0.3 is 0 Å². The third-order valence-corrected chi connectivity index (χ3v) is 2.91. The van der Waals surface area contributed by atoms with Crippen molar-refractivity contribution >= 4 is 12.3 Å². The van der Waals surface area contributed by atoms with Gasteiger partial charge in [-0.15, -0.1) is 0 Å². The lowest BCUT2D eigenvalue weighted by molar-refractivity contribution is -0.128. The molecule has 96 valence electrons. The SMILES string of the molecule is O=COCC(C(=O)c1ccccc1)c1ccccc1. The van der Waals surface area contributed by atoms with Gasteiger partial charge in [0.25, 0.3) is 6.47 Å². The predicted molar refractivity (Wildman–Crippen MR) is 72.0 cm³/mol. The van der Waals surface area contributed by atoms with Crippen LogP contribution < -0.4 is 0 Å². The summed E-state index contributed by atoms with van der Waals surface area (Å²) >= 11 is 0. The van der Waals surface area contributed by atoms with Crippen molar-refractivity contribution in [3.63, 3.8) is 0 Å². The van der Waals surface area contributed by atoms with Crippen molar-refractivity contribution in [1.29, 1.82) is 0 Å². The Morgan fingerprint density at radius 3 is 2.16 bits per heavy atom. The molecule has 2 rings (SSSR count). The molecule has 0 heterocycles. The molecular formula is C16H14O3. The number of hydrogen-bond donors (Lipinski definition) is 0. The molecule has 0 saturated heterocycles. The molecule has 2 aromatic rings. The minimum atomic E-state index is -0.464. The van der Waals surface area contributed by atoms with Gasteiger partial charge in [0.1, 0.15) is 6.61 Å². The van der Waals surface area contributed by atoms with E-state index in [-0.39, 0.29) is 12.4 Å². The van der Waals surface area contributed by atoms with Crippen molar-refractivity contribution in [1.82, 2.24) is 0 Å². The monoisotopic (exact) mass is 254 g/mol. The molecule has 0 aliphatic rings. The highest BCUT2D eigenvalue weighted by Crippen LogP contribution is 2.21. The fourth-order valence-electron chi connectivity index (χ4n) is 1.95. The molecule has 0 N–H and O–H groups in total. The summed E-state index contributed by atoms with van der Waals surface area (Å²) < 4.78 is 4.79. The van der Waals surface area contributed by atoms with E-state index in [0.717, 1.165) is 5.56 Å². The highest BCUT2D eigenvalue weighted by molar-refractivity contribution is 6.01. The summed E-state index contributed by atoms with van der Waals surface area (Å²) in [5.41, 5.74) is 1.46. The van der Waals surface area contributed by atoms with Gasteiger partial charge in [-0.25, -0.2) is 0 Å². The number of Topliss-reactive ketones (excluding diaryl/α,β-unsaturated/α-hetero) is 1. The molecule has 0 bridgehead atoms. The molecule has 0 aliphatic heterocycles. The van der Waals surface area contributed by atoms with Crippen LogP contribution in [0.4, 0.5) is 0 Å². The normalized spacial score (nSPS) is 11.6. The lowest BCUT2D eigenvalue weighted by Crippen LogP contribution is -2.18. The van der Waals surface area contributed by atoms with Crippen molar-refractivity contribution in [2.24, 2.45) is 0 Å².